The molecule has 0 fully saturated rings. The fourth-order valence-electron chi connectivity index (χ4n) is 2.31. The van der Waals surface area contributed by atoms with Crippen LogP contribution in [0.3, 0.4) is 0 Å². The van der Waals surface area contributed by atoms with E-state index in [0.717, 1.165) is 25.1 Å². The summed E-state index contributed by atoms with van der Waals surface area (Å²) in [7, 11) is 0. The second-order valence-electron chi connectivity index (χ2n) is 4.78. The monoisotopic (exact) mass is 268 g/mol. The fourth-order valence-corrected chi connectivity index (χ4v) is 3.44. The molecule has 1 aliphatic heterocycles. The molecule has 5 heteroatoms. The maximum atomic E-state index is 11.9. The lowest BCUT2D eigenvalue weighted by Crippen LogP contribution is -2.35. The van der Waals surface area contributed by atoms with E-state index in [9.17, 15) is 4.79 Å². The van der Waals surface area contributed by atoms with Gasteiger partial charge in [-0.15, -0.1) is 11.3 Å². The molecular formula is C13H20N2O2S. The van der Waals surface area contributed by atoms with E-state index in [1.807, 2.05) is 6.92 Å². The highest BCUT2D eigenvalue weighted by atomic mass is 32.1. The highest BCUT2D eigenvalue weighted by molar-refractivity contribution is 7.16. The first-order valence-electron chi connectivity index (χ1n) is 6.35. The third-order valence-corrected chi connectivity index (χ3v) is 4.37. The second-order valence-corrected chi connectivity index (χ2v) is 5.91. The zero-order valence-corrected chi connectivity index (χ0v) is 12.0. The van der Waals surface area contributed by atoms with Crippen molar-refractivity contribution < 1.29 is 9.53 Å². The molecule has 0 amide bonds. The zero-order valence-electron chi connectivity index (χ0n) is 11.2. The number of carbonyl (C=O) groups is 1. The molecule has 0 atom stereocenters. The zero-order chi connectivity index (χ0) is 13.3. The third-order valence-electron chi connectivity index (χ3n) is 3.32. The first-order chi connectivity index (χ1) is 8.54. The SMILES string of the molecule is CCOC(=O)c1c(N)sc2c1CCN(C(C)C)C2. The predicted molar refractivity (Wildman–Crippen MR) is 73.9 cm³/mol. The summed E-state index contributed by atoms with van der Waals surface area (Å²) >= 11 is 1.53. The van der Waals surface area contributed by atoms with Crippen LogP contribution in [0.25, 0.3) is 0 Å². The number of ether oxygens (including phenoxy) is 1. The van der Waals surface area contributed by atoms with Crippen LogP contribution in [0.4, 0.5) is 5.00 Å². The average molecular weight is 268 g/mol. The van der Waals surface area contributed by atoms with Gasteiger partial charge in [-0.2, -0.15) is 0 Å². The van der Waals surface area contributed by atoms with Gasteiger partial charge in [-0.3, -0.25) is 4.90 Å². The maximum absolute atomic E-state index is 11.9. The number of rotatable bonds is 3. The van der Waals surface area contributed by atoms with Crippen LogP contribution in [0.15, 0.2) is 0 Å². The quantitative estimate of drug-likeness (QED) is 0.854. The van der Waals surface area contributed by atoms with Crippen molar-refractivity contribution in [3.63, 3.8) is 0 Å². The average Bonchev–Trinajstić information content (AvgIpc) is 2.63. The minimum atomic E-state index is -0.273. The molecule has 0 saturated carbocycles. The first-order valence-corrected chi connectivity index (χ1v) is 7.17. The molecule has 4 nitrogen and oxygen atoms in total. The van der Waals surface area contributed by atoms with Crippen molar-refractivity contribution in [2.45, 2.75) is 39.8 Å². The molecule has 0 bridgehead atoms. The number of esters is 1. The van der Waals surface area contributed by atoms with Gasteiger partial charge >= 0.3 is 5.97 Å². The molecule has 100 valence electrons. The lowest BCUT2D eigenvalue weighted by molar-refractivity contribution is 0.0526. The Kier molecular flexibility index (Phi) is 3.92. The van der Waals surface area contributed by atoms with E-state index >= 15 is 0 Å². The summed E-state index contributed by atoms with van der Waals surface area (Å²) < 4.78 is 5.08. The summed E-state index contributed by atoms with van der Waals surface area (Å²) in [4.78, 5) is 15.5. The number of hydrogen-bond acceptors (Lipinski definition) is 5. The number of thiophene rings is 1. The molecule has 1 aromatic heterocycles. The van der Waals surface area contributed by atoms with E-state index in [0.29, 0.717) is 23.2 Å². The van der Waals surface area contributed by atoms with Gasteiger partial charge in [0.25, 0.3) is 0 Å². The lowest BCUT2D eigenvalue weighted by atomic mass is 10.0. The van der Waals surface area contributed by atoms with Crippen molar-refractivity contribution in [1.29, 1.82) is 0 Å². The topological polar surface area (TPSA) is 55.6 Å². The summed E-state index contributed by atoms with van der Waals surface area (Å²) in [6, 6.07) is 0.521. The van der Waals surface area contributed by atoms with Crippen molar-refractivity contribution in [3.05, 3.63) is 16.0 Å². The van der Waals surface area contributed by atoms with E-state index < -0.39 is 0 Å². The molecule has 1 aliphatic rings. The molecule has 0 unspecified atom stereocenters. The van der Waals surface area contributed by atoms with E-state index in [2.05, 4.69) is 18.7 Å². The van der Waals surface area contributed by atoms with Gasteiger partial charge in [-0.05, 0) is 32.8 Å². The van der Waals surface area contributed by atoms with Gasteiger partial charge in [-0.1, -0.05) is 0 Å². The van der Waals surface area contributed by atoms with E-state index in [4.69, 9.17) is 10.5 Å². The van der Waals surface area contributed by atoms with Crippen LogP contribution in [0.5, 0.6) is 0 Å². The van der Waals surface area contributed by atoms with Crippen LogP contribution in [0, 0.1) is 0 Å². The van der Waals surface area contributed by atoms with Crippen molar-refractivity contribution >= 4 is 22.3 Å². The van der Waals surface area contributed by atoms with E-state index in [-0.39, 0.29) is 5.97 Å². The molecule has 0 radical (unpaired) electrons. The van der Waals surface area contributed by atoms with Crippen molar-refractivity contribution in [1.82, 2.24) is 4.90 Å². The van der Waals surface area contributed by atoms with Crippen LogP contribution in [0.1, 0.15) is 41.6 Å². The van der Waals surface area contributed by atoms with Crippen LogP contribution in [-0.4, -0.2) is 30.1 Å². The minimum absolute atomic E-state index is 0.273. The fraction of sp³-hybridized carbons (Fsp3) is 0.615. The first kappa shape index (κ1) is 13.4. The molecule has 0 spiro atoms. The smallest absolute Gasteiger partial charge is 0.341 e. The Hall–Kier alpha value is -1.07. The largest absolute Gasteiger partial charge is 0.462 e. The van der Waals surface area contributed by atoms with Crippen LogP contribution >= 0.6 is 11.3 Å². The number of carbonyl (C=O) groups excluding carboxylic acids is 1. The van der Waals surface area contributed by atoms with E-state index in [1.165, 1.54) is 16.2 Å². The van der Waals surface area contributed by atoms with Crippen LogP contribution < -0.4 is 5.73 Å². The number of fused-ring (bicyclic) bond motifs is 1. The third kappa shape index (κ3) is 2.37. The second kappa shape index (κ2) is 5.28. The van der Waals surface area contributed by atoms with Gasteiger partial charge in [0.2, 0.25) is 0 Å². The normalized spacial score (nSPS) is 15.8. The minimum Gasteiger partial charge on any atom is -0.462 e. The Balaban J connectivity index is 2.29. The molecular weight excluding hydrogens is 248 g/mol. The maximum Gasteiger partial charge on any atom is 0.341 e. The van der Waals surface area contributed by atoms with Gasteiger partial charge in [0.1, 0.15) is 5.00 Å². The van der Waals surface area contributed by atoms with Gasteiger partial charge in [-0.25, -0.2) is 4.79 Å². The van der Waals surface area contributed by atoms with Crippen molar-refractivity contribution in [2.75, 3.05) is 18.9 Å². The van der Waals surface area contributed by atoms with Crippen molar-refractivity contribution in [2.24, 2.45) is 0 Å². The number of nitrogens with two attached hydrogens (primary N) is 1. The number of anilines is 1. The molecule has 0 aromatic carbocycles. The van der Waals surface area contributed by atoms with Gasteiger partial charge in [0, 0.05) is 24.0 Å². The standard InChI is InChI=1S/C13H20N2O2S/c1-4-17-13(16)11-9-5-6-15(8(2)3)7-10(9)18-12(11)14/h8H,4-7,14H2,1-3H3. The molecule has 2 rings (SSSR count). The predicted octanol–water partition coefficient (Wildman–Crippen LogP) is 2.27. The molecule has 0 aliphatic carbocycles. The van der Waals surface area contributed by atoms with Gasteiger partial charge < -0.3 is 10.5 Å². The Morgan fingerprint density at radius 3 is 2.89 bits per heavy atom. The highest BCUT2D eigenvalue weighted by Gasteiger charge is 2.28. The van der Waals surface area contributed by atoms with Crippen molar-refractivity contribution in [3.8, 4) is 0 Å². The molecule has 18 heavy (non-hydrogen) atoms. The number of nitrogens with zero attached hydrogens (tertiary/aromatic N) is 1. The Morgan fingerprint density at radius 2 is 2.28 bits per heavy atom. The summed E-state index contributed by atoms with van der Waals surface area (Å²) in [5.41, 5.74) is 7.69. The lowest BCUT2D eigenvalue weighted by Gasteiger charge is -2.30. The highest BCUT2D eigenvalue weighted by Crippen LogP contribution is 2.35. The molecule has 0 saturated heterocycles. The summed E-state index contributed by atoms with van der Waals surface area (Å²) in [5, 5.41) is 0.601. The molecule has 2 heterocycles. The number of nitrogen functional groups attached to an aromatic ring is 1. The Bertz CT molecular complexity index is 454. The number of hydrogen-bond donors (Lipinski definition) is 1. The molecule has 2 N–H and O–H groups in total. The Labute approximate surface area is 112 Å². The molecule has 1 aromatic rings. The van der Waals surface area contributed by atoms with Gasteiger partial charge in [0.05, 0.1) is 12.2 Å². The van der Waals surface area contributed by atoms with Gasteiger partial charge in [0.15, 0.2) is 0 Å². The summed E-state index contributed by atoms with van der Waals surface area (Å²) in [5.74, 6) is -0.273. The van der Waals surface area contributed by atoms with E-state index in [1.54, 1.807) is 0 Å². The summed E-state index contributed by atoms with van der Waals surface area (Å²) in [6.07, 6.45) is 0.884. The van der Waals surface area contributed by atoms with Crippen LogP contribution in [0.2, 0.25) is 0 Å². The Morgan fingerprint density at radius 1 is 1.56 bits per heavy atom. The summed E-state index contributed by atoms with van der Waals surface area (Å²) in [6.45, 7) is 8.45. The van der Waals surface area contributed by atoms with Crippen LogP contribution in [-0.2, 0) is 17.7 Å².